The van der Waals surface area contributed by atoms with Gasteiger partial charge in [0.25, 0.3) is 0 Å². The minimum Gasteiger partial charge on any atom is -0.440 e. The summed E-state index contributed by atoms with van der Waals surface area (Å²) < 4.78 is 6.07. The molecule has 140 valence electrons. The number of rotatable bonds is 2. The van der Waals surface area contributed by atoms with Gasteiger partial charge in [-0.25, -0.2) is 0 Å². The summed E-state index contributed by atoms with van der Waals surface area (Å²) in [4.78, 5) is 2.31. The molecule has 1 aromatic carbocycles. The molecule has 2 aliphatic heterocycles. The number of nitrogens with two attached hydrogens (primary N) is 1. The van der Waals surface area contributed by atoms with Crippen LogP contribution in [0.25, 0.3) is 6.08 Å². The predicted molar refractivity (Wildman–Crippen MR) is 107 cm³/mol. The van der Waals surface area contributed by atoms with E-state index in [2.05, 4.69) is 36.2 Å². The molecule has 3 aliphatic rings. The quantitative estimate of drug-likeness (QED) is 0.858. The molecule has 0 bridgehead atoms. The van der Waals surface area contributed by atoms with Gasteiger partial charge >= 0.3 is 0 Å². The Bertz CT molecular complexity index is 838. The van der Waals surface area contributed by atoms with Crippen molar-refractivity contribution in [2.75, 3.05) is 20.1 Å². The van der Waals surface area contributed by atoms with Gasteiger partial charge in [0, 0.05) is 24.6 Å². The van der Waals surface area contributed by atoms with E-state index in [-0.39, 0.29) is 5.92 Å². The van der Waals surface area contributed by atoms with Gasteiger partial charge in [0.15, 0.2) is 0 Å². The Morgan fingerprint density at radius 3 is 2.59 bits per heavy atom. The molecule has 1 fully saturated rings. The number of nitriles is 1. The molecule has 4 rings (SSSR count). The van der Waals surface area contributed by atoms with E-state index in [4.69, 9.17) is 10.5 Å². The monoisotopic (exact) mass is 361 g/mol. The summed E-state index contributed by atoms with van der Waals surface area (Å²) in [7, 11) is 2.13. The summed E-state index contributed by atoms with van der Waals surface area (Å²) in [6.07, 6.45) is 8.31. The molecule has 2 N–H and O–H groups in total. The topological polar surface area (TPSA) is 62.3 Å². The van der Waals surface area contributed by atoms with Gasteiger partial charge < -0.3 is 10.5 Å². The summed E-state index contributed by atoms with van der Waals surface area (Å²) in [6, 6.07) is 12.7. The molecule has 1 aromatic rings. The molecule has 0 amide bonds. The Hall–Kier alpha value is -2.51. The molecule has 0 aromatic heterocycles. The zero-order valence-electron chi connectivity index (χ0n) is 15.9. The predicted octanol–water partition coefficient (Wildman–Crippen LogP) is 4.19. The van der Waals surface area contributed by atoms with Crippen LogP contribution in [0, 0.1) is 23.2 Å². The van der Waals surface area contributed by atoms with Crippen LogP contribution in [0.2, 0.25) is 0 Å². The second-order valence-electron chi connectivity index (χ2n) is 7.97. The van der Waals surface area contributed by atoms with Crippen LogP contribution in [0.4, 0.5) is 0 Å². The third-order valence-electron chi connectivity index (χ3n) is 6.01. The van der Waals surface area contributed by atoms with E-state index in [9.17, 15) is 5.26 Å². The lowest BCUT2D eigenvalue weighted by atomic mass is 9.71. The summed E-state index contributed by atoms with van der Waals surface area (Å²) in [5.41, 5.74) is 10.4. The highest BCUT2D eigenvalue weighted by molar-refractivity contribution is 5.61. The zero-order valence-corrected chi connectivity index (χ0v) is 15.9. The average molecular weight is 361 g/mol. The molecule has 1 atom stereocenters. The SMILES string of the molecule is CN1CC2=C(OC(N)=C(C#N)[C@@H]2C2CCCCC2)/C(=C/c2ccccc2)C1. The highest BCUT2D eigenvalue weighted by Gasteiger charge is 2.40. The van der Waals surface area contributed by atoms with Crippen LogP contribution in [-0.4, -0.2) is 25.0 Å². The molecule has 0 unspecified atom stereocenters. The van der Waals surface area contributed by atoms with Crippen molar-refractivity contribution in [3.63, 3.8) is 0 Å². The fourth-order valence-electron chi connectivity index (χ4n) is 4.82. The maximum absolute atomic E-state index is 9.80. The summed E-state index contributed by atoms with van der Waals surface area (Å²) >= 11 is 0. The highest BCUT2D eigenvalue weighted by Crippen LogP contribution is 2.45. The van der Waals surface area contributed by atoms with E-state index in [1.165, 1.54) is 37.7 Å². The van der Waals surface area contributed by atoms with Crippen LogP contribution in [-0.2, 0) is 4.74 Å². The number of allylic oxidation sites excluding steroid dienone is 1. The summed E-state index contributed by atoms with van der Waals surface area (Å²) in [5, 5.41) is 9.80. The first-order chi connectivity index (χ1) is 13.2. The van der Waals surface area contributed by atoms with Gasteiger partial charge in [-0.1, -0.05) is 49.6 Å². The van der Waals surface area contributed by atoms with E-state index in [0.29, 0.717) is 17.4 Å². The molecule has 0 radical (unpaired) electrons. The Kier molecular flexibility index (Phi) is 5.05. The molecule has 4 nitrogen and oxygen atoms in total. The van der Waals surface area contributed by atoms with Crippen LogP contribution in [0.15, 0.2) is 58.7 Å². The number of likely N-dealkylation sites (N-methyl/N-ethyl adjacent to an activating group) is 1. The van der Waals surface area contributed by atoms with Gasteiger partial charge in [-0.3, -0.25) is 4.90 Å². The van der Waals surface area contributed by atoms with E-state index >= 15 is 0 Å². The molecule has 1 aliphatic carbocycles. The van der Waals surface area contributed by atoms with Crippen molar-refractivity contribution in [1.29, 1.82) is 5.26 Å². The Balaban J connectivity index is 1.79. The Labute approximate surface area is 161 Å². The molecule has 1 saturated carbocycles. The minimum absolute atomic E-state index is 0.0981. The smallest absolute Gasteiger partial charge is 0.205 e. The third kappa shape index (κ3) is 3.52. The average Bonchev–Trinajstić information content (AvgIpc) is 2.69. The molecule has 4 heteroatoms. The van der Waals surface area contributed by atoms with Crippen LogP contribution in [0.3, 0.4) is 0 Å². The van der Waals surface area contributed by atoms with E-state index in [0.717, 1.165) is 30.0 Å². The molecule has 2 heterocycles. The third-order valence-corrected chi connectivity index (χ3v) is 6.01. The van der Waals surface area contributed by atoms with E-state index in [1.807, 2.05) is 18.2 Å². The number of nitrogens with zero attached hydrogens (tertiary/aromatic N) is 2. The van der Waals surface area contributed by atoms with Gasteiger partial charge in [-0.05, 0) is 43.0 Å². The fourth-order valence-corrected chi connectivity index (χ4v) is 4.82. The maximum Gasteiger partial charge on any atom is 0.205 e. The molecular weight excluding hydrogens is 334 g/mol. The van der Waals surface area contributed by atoms with Crippen LogP contribution >= 0.6 is 0 Å². The second-order valence-corrected chi connectivity index (χ2v) is 7.97. The first kappa shape index (κ1) is 17.9. The minimum atomic E-state index is 0.0981. The second kappa shape index (κ2) is 7.62. The lowest BCUT2D eigenvalue weighted by Gasteiger charge is -2.40. The number of hydrogen-bond acceptors (Lipinski definition) is 4. The van der Waals surface area contributed by atoms with Crippen molar-refractivity contribution in [3.8, 4) is 6.07 Å². The van der Waals surface area contributed by atoms with Crippen molar-refractivity contribution < 1.29 is 4.74 Å². The van der Waals surface area contributed by atoms with E-state index < -0.39 is 0 Å². The lowest BCUT2D eigenvalue weighted by molar-refractivity contribution is 0.209. The van der Waals surface area contributed by atoms with Gasteiger partial charge in [-0.2, -0.15) is 5.26 Å². The molecule has 27 heavy (non-hydrogen) atoms. The van der Waals surface area contributed by atoms with Crippen molar-refractivity contribution in [2.45, 2.75) is 32.1 Å². The Morgan fingerprint density at radius 1 is 1.15 bits per heavy atom. The number of benzene rings is 1. The maximum atomic E-state index is 9.80. The summed E-state index contributed by atoms with van der Waals surface area (Å²) in [5.74, 6) is 1.80. The van der Waals surface area contributed by atoms with Crippen LogP contribution in [0.5, 0.6) is 0 Å². The molecular formula is C23H27N3O. The molecule has 0 saturated heterocycles. The van der Waals surface area contributed by atoms with Crippen molar-refractivity contribution >= 4 is 6.08 Å². The van der Waals surface area contributed by atoms with E-state index in [1.54, 1.807) is 0 Å². The van der Waals surface area contributed by atoms with Crippen molar-refractivity contribution in [1.82, 2.24) is 4.90 Å². The normalized spacial score (nSPS) is 25.9. The highest BCUT2D eigenvalue weighted by atomic mass is 16.5. The van der Waals surface area contributed by atoms with Gasteiger partial charge in [0.1, 0.15) is 11.8 Å². The first-order valence-corrected chi connectivity index (χ1v) is 9.92. The standard InChI is InChI=1S/C23H27N3O/c1-26-14-18(12-16-8-4-2-5-9-16)22-20(15-26)21(17-10-6-3-7-11-17)19(13-24)23(25)27-22/h2,4-5,8-9,12,17,21H,3,6-7,10-11,14-15,25H2,1H3/b18-12+/t21-/m0/s1. The van der Waals surface area contributed by atoms with Crippen LogP contribution < -0.4 is 5.73 Å². The lowest BCUT2D eigenvalue weighted by Crippen LogP contribution is -2.39. The van der Waals surface area contributed by atoms with Gasteiger partial charge in [-0.15, -0.1) is 0 Å². The largest absolute Gasteiger partial charge is 0.440 e. The fraction of sp³-hybridized carbons (Fsp3) is 0.435. The van der Waals surface area contributed by atoms with Gasteiger partial charge in [0.05, 0.1) is 5.57 Å². The number of ether oxygens (including phenoxy) is 1. The van der Waals surface area contributed by atoms with Crippen molar-refractivity contribution in [2.24, 2.45) is 17.6 Å². The van der Waals surface area contributed by atoms with Crippen molar-refractivity contribution in [3.05, 3.63) is 64.3 Å². The first-order valence-electron chi connectivity index (χ1n) is 9.92. The molecule has 0 spiro atoms. The Morgan fingerprint density at radius 2 is 1.89 bits per heavy atom. The zero-order chi connectivity index (χ0) is 18.8. The number of hydrogen-bond donors (Lipinski definition) is 1. The van der Waals surface area contributed by atoms with Crippen LogP contribution in [0.1, 0.15) is 37.7 Å². The van der Waals surface area contributed by atoms with Gasteiger partial charge in [0.2, 0.25) is 5.88 Å². The summed E-state index contributed by atoms with van der Waals surface area (Å²) in [6.45, 7) is 1.65.